The second-order valence-electron chi connectivity index (χ2n) is 26.0. The fourth-order valence-corrected chi connectivity index (χ4v) is 11.9. The van der Waals surface area contributed by atoms with Crippen LogP contribution >= 0.6 is 0 Å². The van der Waals surface area contributed by atoms with Crippen molar-refractivity contribution >= 4 is 11.9 Å². The topological polar surface area (TPSA) is 95.9 Å². The lowest BCUT2D eigenvalue weighted by molar-refractivity contribution is -0.143. The molecule has 0 fully saturated rings. The number of ether oxygens (including phenoxy) is 1. The van der Waals surface area contributed by atoms with Gasteiger partial charge in [-0.25, -0.2) is 0 Å². The predicted octanol–water partition coefficient (Wildman–Crippen LogP) is 24.7. The Hall–Kier alpha value is -1.92. The van der Waals surface area contributed by atoms with E-state index in [0.717, 1.165) is 51.4 Å². The number of rotatable bonds is 71. The van der Waals surface area contributed by atoms with Crippen LogP contribution in [0.5, 0.6) is 0 Å². The zero-order valence-corrected chi connectivity index (χ0v) is 56.2. The van der Waals surface area contributed by atoms with Crippen molar-refractivity contribution in [3.05, 3.63) is 36.5 Å². The standard InChI is InChI=1S/C77H147NO5/c1-3-5-7-9-11-13-15-17-18-19-20-21-30-33-36-39-42-46-49-53-57-61-65-69-75(80)74(73-79)78-76(81)70-66-62-58-54-50-47-43-40-37-34-31-28-26-24-22-23-25-27-29-32-35-38-41-44-48-52-56-60-64-68-72-83-77(82)71-67-63-59-55-51-45-16-14-12-10-8-6-4-2/h8,10,14,16,65,69,74-75,79-80H,3-7,9,11-13,15,17-64,66-68,70-73H2,1-2H3,(H,78,81)/b10-8-,16-14-,69-65+. The molecule has 0 bridgehead atoms. The Morgan fingerprint density at radius 3 is 0.964 bits per heavy atom. The van der Waals surface area contributed by atoms with Gasteiger partial charge in [-0.1, -0.05) is 384 Å². The Morgan fingerprint density at radius 1 is 0.337 bits per heavy atom. The van der Waals surface area contributed by atoms with Crippen molar-refractivity contribution in [1.29, 1.82) is 0 Å². The second-order valence-corrected chi connectivity index (χ2v) is 26.0. The van der Waals surface area contributed by atoms with E-state index >= 15 is 0 Å². The van der Waals surface area contributed by atoms with Crippen molar-refractivity contribution in [2.45, 2.75) is 431 Å². The fraction of sp³-hybridized carbons (Fsp3) is 0.896. The van der Waals surface area contributed by atoms with Gasteiger partial charge in [-0.2, -0.15) is 0 Å². The van der Waals surface area contributed by atoms with Gasteiger partial charge in [-0.3, -0.25) is 9.59 Å². The van der Waals surface area contributed by atoms with E-state index < -0.39 is 12.1 Å². The minimum absolute atomic E-state index is 0.00490. The Kier molecular flexibility index (Phi) is 70.9. The van der Waals surface area contributed by atoms with Crippen LogP contribution < -0.4 is 5.32 Å². The van der Waals surface area contributed by atoms with Crippen LogP contribution in [-0.4, -0.2) is 47.4 Å². The third-order valence-corrected chi connectivity index (χ3v) is 17.6. The molecular weight excluding hydrogens is 1020 g/mol. The molecule has 0 heterocycles. The number of amides is 1. The van der Waals surface area contributed by atoms with Gasteiger partial charge >= 0.3 is 5.97 Å². The van der Waals surface area contributed by atoms with Gasteiger partial charge in [-0.15, -0.1) is 0 Å². The molecule has 0 saturated heterocycles. The first-order valence-electron chi connectivity index (χ1n) is 37.8. The highest BCUT2D eigenvalue weighted by molar-refractivity contribution is 5.76. The van der Waals surface area contributed by atoms with E-state index in [0.29, 0.717) is 19.4 Å². The normalized spacial score (nSPS) is 12.7. The molecule has 1 amide bonds. The Balaban J connectivity index is 3.37. The maximum Gasteiger partial charge on any atom is 0.305 e. The van der Waals surface area contributed by atoms with Crippen LogP contribution in [0.2, 0.25) is 0 Å². The number of hydrogen-bond donors (Lipinski definition) is 3. The van der Waals surface area contributed by atoms with Crippen LogP contribution in [0, 0.1) is 0 Å². The number of nitrogens with one attached hydrogen (secondary N) is 1. The zero-order chi connectivity index (χ0) is 59.9. The van der Waals surface area contributed by atoms with Crippen molar-refractivity contribution < 1.29 is 24.5 Å². The van der Waals surface area contributed by atoms with Crippen LogP contribution in [0.1, 0.15) is 418 Å². The lowest BCUT2D eigenvalue weighted by Crippen LogP contribution is -2.45. The predicted molar refractivity (Wildman–Crippen MR) is 366 cm³/mol. The summed E-state index contributed by atoms with van der Waals surface area (Å²) >= 11 is 0. The van der Waals surface area contributed by atoms with E-state index in [9.17, 15) is 19.8 Å². The van der Waals surface area contributed by atoms with E-state index in [4.69, 9.17) is 4.74 Å². The second kappa shape index (κ2) is 72.6. The SMILES string of the molecule is CCC/C=C\C/C=C\CCCCCCCC(=O)OCCCCCCCCCCCCCCCCCCCCCCCCCCCCCCCCC(=O)NC(CO)C(O)/C=C/CCCCCCCCCCCCCCCCCCCCCCC. The molecule has 0 spiro atoms. The van der Waals surface area contributed by atoms with Crippen molar-refractivity contribution in [3.8, 4) is 0 Å². The number of unbranched alkanes of at least 4 members (excludes halogenated alkanes) is 56. The van der Waals surface area contributed by atoms with Gasteiger partial charge in [0.05, 0.1) is 25.4 Å². The number of allylic oxidation sites excluding steroid dienone is 5. The number of carbonyl (C=O) groups excluding carboxylic acids is 2. The van der Waals surface area contributed by atoms with E-state index in [1.165, 1.54) is 340 Å². The fourth-order valence-electron chi connectivity index (χ4n) is 11.9. The van der Waals surface area contributed by atoms with Crippen molar-refractivity contribution in [1.82, 2.24) is 5.32 Å². The summed E-state index contributed by atoms with van der Waals surface area (Å²) < 4.78 is 5.48. The molecule has 0 saturated carbocycles. The molecule has 0 aliphatic heterocycles. The minimum atomic E-state index is -0.843. The first-order valence-corrected chi connectivity index (χ1v) is 37.8. The van der Waals surface area contributed by atoms with E-state index in [1.807, 2.05) is 6.08 Å². The van der Waals surface area contributed by atoms with Crippen LogP contribution in [-0.2, 0) is 14.3 Å². The molecule has 83 heavy (non-hydrogen) atoms. The van der Waals surface area contributed by atoms with Gasteiger partial charge in [0.25, 0.3) is 0 Å². The number of aliphatic hydroxyl groups is 2. The van der Waals surface area contributed by atoms with Crippen LogP contribution in [0.4, 0.5) is 0 Å². The third-order valence-electron chi connectivity index (χ3n) is 17.6. The number of esters is 1. The minimum Gasteiger partial charge on any atom is -0.466 e. The van der Waals surface area contributed by atoms with E-state index in [1.54, 1.807) is 6.08 Å². The Morgan fingerprint density at radius 2 is 0.627 bits per heavy atom. The van der Waals surface area contributed by atoms with Crippen LogP contribution in [0.15, 0.2) is 36.5 Å². The van der Waals surface area contributed by atoms with Gasteiger partial charge in [0.15, 0.2) is 0 Å². The third kappa shape index (κ3) is 69.1. The first kappa shape index (κ1) is 81.1. The molecular formula is C77H147NO5. The zero-order valence-electron chi connectivity index (χ0n) is 56.2. The Labute approximate surface area is 519 Å². The largest absolute Gasteiger partial charge is 0.466 e. The molecule has 0 aromatic rings. The highest BCUT2D eigenvalue weighted by Gasteiger charge is 2.18. The van der Waals surface area contributed by atoms with Crippen molar-refractivity contribution in [2.75, 3.05) is 13.2 Å². The maximum atomic E-state index is 12.5. The summed E-state index contributed by atoms with van der Waals surface area (Å²) in [6, 6.07) is -0.626. The molecule has 6 nitrogen and oxygen atoms in total. The average molecular weight is 1170 g/mol. The van der Waals surface area contributed by atoms with Crippen LogP contribution in [0.25, 0.3) is 0 Å². The molecule has 2 atom stereocenters. The first-order chi connectivity index (χ1) is 41.0. The lowest BCUT2D eigenvalue weighted by atomic mass is 10.0. The van der Waals surface area contributed by atoms with Gasteiger partial charge in [0.2, 0.25) is 5.91 Å². The maximum absolute atomic E-state index is 12.5. The molecule has 490 valence electrons. The summed E-state index contributed by atoms with van der Waals surface area (Å²) in [7, 11) is 0. The summed E-state index contributed by atoms with van der Waals surface area (Å²) in [5, 5.41) is 23.3. The van der Waals surface area contributed by atoms with Gasteiger partial charge in [0, 0.05) is 12.8 Å². The van der Waals surface area contributed by atoms with Gasteiger partial charge in [0.1, 0.15) is 0 Å². The average Bonchev–Trinajstić information content (AvgIpc) is 3.48. The molecule has 3 N–H and O–H groups in total. The summed E-state index contributed by atoms with van der Waals surface area (Å²) in [4.78, 5) is 24.6. The van der Waals surface area contributed by atoms with Crippen molar-refractivity contribution in [2.24, 2.45) is 0 Å². The van der Waals surface area contributed by atoms with Gasteiger partial charge in [-0.05, 0) is 57.8 Å². The molecule has 0 aliphatic rings. The summed E-state index contributed by atoms with van der Waals surface area (Å²) in [6.45, 7) is 4.88. The quantitative estimate of drug-likeness (QED) is 0.0320. The van der Waals surface area contributed by atoms with E-state index in [2.05, 4.69) is 43.5 Å². The number of carbonyl (C=O) groups is 2. The smallest absolute Gasteiger partial charge is 0.305 e. The van der Waals surface area contributed by atoms with Crippen molar-refractivity contribution in [3.63, 3.8) is 0 Å². The van der Waals surface area contributed by atoms with Gasteiger partial charge < -0.3 is 20.3 Å². The summed E-state index contributed by atoms with van der Waals surface area (Å²) in [5.74, 6) is -0.0547. The summed E-state index contributed by atoms with van der Waals surface area (Å²) in [6.07, 6.45) is 93.9. The van der Waals surface area contributed by atoms with E-state index in [-0.39, 0.29) is 18.5 Å². The molecule has 2 unspecified atom stereocenters. The monoisotopic (exact) mass is 1170 g/mol. The molecule has 6 heteroatoms. The summed E-state index contributed by atoms with van der Waals surface area (Å²) in [5.41, 5.74) is 0. The Bertz CT molecular complexity index is 1340. The lowest BCUT2D eigenvalue weighted by Gasteiger charge is -2.20. The molecule has 0 rings (SSSR count). The number of aliphatic hydroxyl groups excluding tert-OH is 2. The molecule has 0 aliphatic carbocycles. The molecule has 0 aromatic heterocycles. The molecule has 0 radical (unpaired) electrons. The van der Waals surface area contributed by atoms with Crippen LogP contribution in [0.3, 0.4) is 0 Å². The molecule has 0 aromatic carbocycles. The highest BCUT2D eigenvalue weighted by atomic mass is 16.5. The number of hydrogen-bond acceptors (Lipinski definition) is 5. The highest BCUT2D eigenvalue weighted by Crippen LogP contribution is 2.19.